The Bertz CT molecular complexity index is 396. The highest BCUT2D eigenvalue weighted by Crippen LogP contribution is 2.49. The molecule has 80 valence electrons. The van der Waals surface area contributed by atoms with Crippen LogP contribution in [0.25, 0.3) is 0 Å². The van der Waals surface area contributed by atoms with Crippen LogP contribution < -0.4 is 5.32 Å². The minimum atomic E-state index is -2.55. The zero-order valence-electron chi connectivity index (χ0n) is 8.39. The van der Waals surface area contributed by atoms with Gasteiger partial charge in [0.2, 0.25) is 0 Å². The van der Waals surface area contributed by atoms with Gasteiger partial charge in [-0.05, 0) is 17.5 Å². The van der Waals surface area contributed by atoms with Crippen molar-refractivity contribution < 1.29 is 8.78 Å². The van der Waals surface area contributed by atoms with Gasteiger partial charge >= 0.3 is 0 Å². The van der Waals surface area contributed by atoms with Gasteiger partial charge in [0.05, 0.1) is 5.41 Å². The minimum Gasteiger partial charge on any atom is -0.314 e. The Labute approximate surface area is 87.5 Å². The summed E-state index contributed by atoms with van der Waals surface area (Å²) in [5.74, 6) is -2.55. The molecule has 3 heteroatoms. The maximum atomic E-state index is 13.9. The topological polar surface area (TPSA) is 12.0 Å². The van der Waals surface area contributed by atoms with E-state index in [-0.39, 0.29) is 6.42 Å². The van der Waals surface area contributed by atoms with Gasteiger partial charge in [0.1, 0.15) is 0 Å². The molecule has 1 fully saturated rings. The summed E-state index contributed by atoms with van der Waals surface area (Å²) in [5, 5.41) is 2.99. The fourth-order valence-electron chi connectivity index (χ4n) is 2.76. The van der Waals surface area contributed by atoms with Crippen LogP contribution in [0, 0.1) is 0 Å². The van der Waals surface area contributed by atoms with Crippen LogP contribution in [0.2, 0.25) is 0 Å². The van der Waals surface area contributed by atoms with Gasteiger partial charge in [-0.2, -0.15) is 0 Å². The lowest BCUT2D eigenvalue weighted by atomic mass is 9.63. The van der Waals surface area contributed by atoms with Crippen molar-refractivity contribution in [1.82, 2.24) is 5.32 Å². The van der Waals surface area contributed by atoms with Crippen LogP contribution in [-0.4, -0.2) is 19.0 Å². The van der Waals surface area contributed by atoms with Gasteiger partial charge in [-0.15, -0.1) is 0 Å². The van der Waals surface area contributed by atoms with Crippen molar-refractivity contribution in [3.63, 3.8) is 0 Å². The summed E-state index contributed by atoms with van der Waals surface area (Å²) < 4.78 is 27.9. The molecule has 1 nitrogen and oxygen atoms in total. The molecule has 1 aliphatic heterocycles. The first kappa shape index (κ1) is 9.28. The summed E-state index contributed by atoms with van der Waals surface area (Å²) in [6, 6.07) is 7.64. The van der Waals surface area contributed by atoms with Gasteiger partial charge in [-0.3, -0.25) is 0 Å². The van der Waals surface area contributed by atoms with Gasteiger partial charge in [0.25, 0.3) is 5.92 Å². The standard InChI is InChI=1S/C12H13F2N/c13-12(14)6-5-9-3-1-2-4-10(9)11(12)7-15-8-11/h1-4,15H,5-8H2. The average molecular weight is 209 g/mol. The molecule has 1 aromatic carbocycles. The smallest absolute Gasteiger partial charge is 0.260 e. The molecule has 2 aliphatic rings. The van der Waals surface area contributed by atoms with Crippen molar-refractivity contribution in [2.24, 2.45) is 0 Å². The van der Waals surface area contributed by atoms with Crippen molar-refractivity contribution in [2.45, 2.75) is 24.2 Å². The molecule has 1 spiro atoms. The number of halogens is 2. The SMILES string of the molecule is FC1(F)CCc2ccccc2C12CNC2. The number of alkyl halides is 2. The second-order valence-electron chi connectivity index (χ2n) is 4.55. The van der Waals surface area contributed by atoms with Crippen LogP contribution >= 0.6 is 0 Å². The number of fused-ring (bicyclic) bond motifs is 2. The molecular formula is C12H13F2N. The zero-order valence-corrected chi connectivity index (χ0v) is 8.39. The molecule has 0 unspecified atom stereocenters. The number of benzene rings is 1. The number of aryl methyl sites for hydroxylation is 1. The Kier molecular flexibility index (Phi) is 1.72. The summed E-state index contributed by atoms with van der Waals surface area (Å²) >= 11 is 0. The van der Waals surface area contributed by atoms with Crippen LogP contribution in [0.3, 0.4) is 0 Å². The lowest BCUT2D eigenvalue weighted by Gasteiger charge is -2.51. The summed E-state index contributed by atoms with van der Waals surface area (Å²) in [5.41, 5.74) is 1.05. The molecule has 0 radical (unpaired) electrons. The molecule has 0 saturated carbocycles. The molecule has 1 aliphatic carbocycles. The van der Waals surface area contributed by atoms with E-state index >= 15 is 0 Å². The zero-order chi connectivity index (χ0) is 10.5. The number of hydrogen-bond donors (Lipinski definition) is 1. The first-order valence-corrected chi connectivity index (χ1v) is 5.33. The van der Waals surface area contributed by atoms with Gasteiger partial charge < -0.3 is 5.32 Å². The first-order chi connectivity index (χ1) is 7.16. The van der Waals surface area contributed by atoms with E-state index in [1.165, 1.54) is 0 Å². The predicted octanol–water partition coefficient (Wildman–Crippen LogP) is 2.11. The van der Waals surface area contributed by atoms with Gasteiger partial charge in [-0.1, -0.05) is 24.3 Å². The van der Waals surface area contributed by atoms with Gasteiger partial charge in [0.15, 0.2) is 0 Å². The molecule has 0 bridgehead atoms. The van der Waals surface area contributed by atoms with Crippen LogP contribution in [0.4, 0.5) is 8.78 Å². The highest BCUT2D eigenvalue weighted by atomic mass is 19.3. The molecule has 0 atom stereocenters. The molecule has 1 saturated heterocycles. The number of nitrogens with one attached hydrogen (secondary N) is 1. The fourth-order valence-corrected chi connectivity index (χ4v) is 2.76. The van der Waals surface area contributed by atoms with Crippen LogP contribution in [-0.2, 0) is 11.8 Å². The van der Waals surface area contributed by atoms with Crippen molar-refractivity contribution in [3.05, 3.63) is 35.4 Å². The molecule has 1 N–H and O–H groups in total. The molecule has 3 rings (SSSR count). The second-order valence-corrected chi connectivity index (χ2v) is 4.55. The quantitative estimate of drug-likeness (QED) is 0.690. The molecule has 0 aromatic heterocycles. The average Bonchev–Trinajstić information content (AvgIpc) is 2.14. The lowest BCUT2D eigenvalue weighted by Crippen LogP contribution is -2.67. The monoisotopic (exact) mass is 209 g/mol. The largest absolute Gasteiger partial charge is 0.314 e. The Morgan fingerprint density at radius 3 is 2.53 bits per heavy atom. The third kappa shape index (κ3) is 1.04. The highest BCUT2D eigenvalue weighted by Gasteiger charge is 2.60. The maximum absolute atomic E-state index is 13.9. The van der Waals surface area contributed by atoms with E-state index < -0.39 is 11.3 Å². The Balaban J connectivity index is 2.17. The van der Waals surface area contributed by atoms with Crippen LogP contribution in [0.5, 0.6) is 0 Å². The lowest BCUT2D eigenvalue weighted by molar-refractivity contribution is -0.113. The summed E-state index contributed by atoms with van der Waals surface area (Å²) in [4.78, 5) is 0. The van der Waals surface area contributed by atoms with E-state index in [4.69, 9.17) is 0 Å². The fraction of sp³-hybridized carbons (Fsp3) is 0.500. The third-order valence-electron chi connectivity index (χ3n) is 3.79. The number of hydrogen-bond acceptors (Lipinski definition) is 1. The summed E-state index contributed by atoms with van der Waals surface area (Å²) in [6.07, 6.45) is 0.497. The van der Waals surface area contributed by atoms with Crippen molar-refractivity contribution >= 4 is 0 Å². The van der Waals surface area contributed by atoms with Gasteiger partial charge in [-0.25, -0.2) is 8.78 Å². The minimum absolute atomic E-state index is 0.00824. The van der Waals surface area contributed by atoms with E-state index in [0.29, 0.717) is 19.5 Å². The van der Waals surface area contributed by atoms with E-state index in [9.17, 15) is 8.78 Å². The van der Waals surface area contributed by atoms with Crippen molar-refractivity contribution in [1.29, 1.82) is 0 Å². The van der Waals surface area contributed by atoms with E-state index in [1.54, 1.807) is 0 Å². The Morgan fingerprint density at radius 1 is 1.13 bits per heavy atom. The number of rotatable bonds is 0. The Hall–Kier alpha value is -0.960. The highest BCUT2D eigenvalue weighted by molar-refractivity contribution is 5.42. The normalized spacial score (nSPS) is 25.7. The van der Waals surface area contributed by atoms with Crippen LogP contribution in [0.15, 0.2) is 24.3 Å². The molecule has 1 aromatic rings. The Morgan fingerprint density at radius 2 is 1.87 bits per heavy atom. The predicted molar refractivity (Wildman–Crippen MR) is 54.3 cm³/mol. The summed E-state index contributed by atoms with van der Waals surface area (Å²) in [7, 11) is 0. The summed E-state index contributed by atoms with van der Waals surface area (Å²) in [6.45, 7) is 0.827. The molecule has 0 amide bonds. The third-order valence-corrected chi connectivity index (χ3v) is 3.79. The van der Waals surface area contributed by atoms with E-state index in [0.717, 1.165) is 11.1 Å². The van der Waals surface area contributed by atoms with Crippen LogP contribution in [0.1, 0.15) is 17.5 Å². The van der Waals surface area contributed by atoms with Gasteiger partial charge in [0, 0.05) is 19.5 Å². The molecule has 15 heavy (non-hydrogen) atoms. The van der Waals surface area contributed by atoms with Crippen molar-refractivity contribution in [3.8, 4) is 0 Å². The second kappa shape index (κ2) is 2.79. The first-order valence-electron chi connectivity index (χ1n) is 5.33. The molecule has 1 heterocycles. The maximum Gasteiger partial charge on any atom is 0.260 e. The van der Waals surface area contributed by atoms with Crippen molar-refractivity contribution in [2.75, 3.05) is 13.1 Å². The molecular weight excluding hydrogens is 196 g/mol. The van der Waals surface area contributed by atoms with E-state index in [2.05, 4.69) is 5.32 Å². The van der Waals surface area contributed by atoms with E-state index in [1.807, 2.05) is 24.3 Å².